The molecule has 1 aromatic carbocycles. The van der Waals surface area contributed by atoms with E-state index in [-0.39, 0.29) is 5.91 Å². The lowest BCUT2D eigenvalue weighted by Crippen LogP contribution is -2.37. The van der Waals surface area contributed by atoms with Gasteiger partial charge in [-0.1, -0.05) is 0 Å². The van der Waals surface area contributed by atoms with Gasteiger partial charge in [0.2, 0.25) is 0 Å². The number of nitrogens with one attached hydrogen (secondary N) is 1. The molecular weight excluding hydrogens is 278 g/mol. The maximum absolute atomic E-state index is 12.0. The van der Waals surface area contributed by atoms with Gasteiger partial charge in [-0.05, 0) is 43.7 Å². The fourth-order valence-corrected chi connectivity index (χ4v) is 2.50. The van der Waals surface area contributed by atoms with E-state index in [0.717, 1.165) is 63.5 Å². The molecule has 1 heterocycles. The molecule has 2 rings (SSSR count). The number of ether oxygens (including phenoxy) is 1. The number of morpholine rings is 1. The summed E-state index contributed by atoms with van der Waals surface area (Å²) < 4.78 is 5.33. The van der Waals surface area contributed by atoms with Crippen LogP contribution in [0.1, 0.15) is 23.2 Å². The van der Waals surface area contributed by atoms with Gasteiger partial charge in [-0.15, -0.1) is 0 Å². The smallest absolute Gasteiger partial charge is 0.251 e. The largest absolute Gasteiger partial charge is 0.379 e. The lowest BCUT2D eigenvalue weighted by molar-refractivity contribution is 0.0372. The Morgan fingerprint density at radius 3 is 2.50 bits per heavy atom. The van der Waals surface area contributed by atoms with Crippen molar-refractivity contribution in [3.63, 3.8) is 0 Å². The van der Waals surface area contributed by atoms with Crippen molar-refractivity contribution in [1.82, 2.24) is 10.2 Å². The fourth-order valence-electron chi connectivity index (χ4n) is 2.50. The molecule has 1 fully saturated rings. The molecule has 22 heavy (non-hydrogen) atoms. The molecule has 0 unspecified atom stereocenters. The molecule has 1 amide bonds. The molecule has 0 aliphatic carbocycles. The Labute approximate surface area is 133 Å². The number of benzene rings is 1. The first-order chi connectivity index (χ1) is 10.7. The predicted molar refractivity (Wildman–Crippen MR) is 89.6 cm³/mol. The van der Waals surface area contributed by atoms with Crippen LogP contribution in [0.25, 0.3) is 0 Å². The van der Waals surface area contributed by atoms with Crippen molar-refractivity contribution >= 4 is 11.6 Å². The maximum atomic E-state index is 12.0. The summed E-state index contributed by atoms with van der Waals surface area (Å²) in [6, 6.07) is 7.68. The van der Waals surface area contributed by atoms with E-state index in [4.69, 9.17) is 4.74 Å². The van der Waals surface area contributed by atoms with Crippen molar-refractivity contribution in [3.05, 3.63) is 29.8 Å². The topological polar surface area (TPSA) is 44.8 Å². The number of hydrogen-bond acceptors (Lipinski definition) is 4. The fraction of sp³-hybridized carbons (Fsp3) is 0.588. The second kappa shape index (κ2) is 8.76. The third-order valence-electron chi connectivity index (χ3n) is 3.94. The van der Waals surface area contributed by atoms with Crippen LogP contribution in [0.4, 0.5) is 5.69 Å². The molecule has 0 bridgehead atoms. The van der Waals surface area contributed by atoms with Gasteiger partial charge in [-0.2, -0.15) is 0 Å². The van der Waals surface area contributed by atoms with Crippen LogP contribution in [0.5, 0.6) is 0 Å². The molecule has 5 nitrogen and oxygen atoms in total. The average molecular weight is 305 g/mol. The lowest BCUT2D eigenvalue weighted by atomic mass is 10.2. The van der Waals surface area contributed by atoms with Crippen molar-refractivity contribution in [3.8, 4) is 0 Å². The molecule has 0 radical (unpaired) electrons. The zero-order valence-corrected chi connectivity index (χ0v) is 13.7. The number of amides is 1. The molecule has 1 aromatic rings. The highest BCUT2D eigenvalue weighted by Crippen LogP contribution is 2.12. The lowest BCUT2D eigenvalue weighted by Gasteiger charge is -2.26. The summed E-state index contributed by atoms with van der Waals surface area (Å²) in [7, 11) is 3.98. The zero-order valence-electron chi connectivity index (χ0n) is 13.7. The second-order valence-electron chi connectivity index (χ2n) is 5.86. The highest BCUT2D eigenvalue weighted by molar-refractivity contribution is 5.94. The Kier molecular flexibility index (Phi) is 6.68. The van der Waals surface area contributed by atoms with E-state index in [9.17, 15) is 4.79 Å². The van der Waals surface area contributed by atoms with Gasteiger partial charge in [0.25, 0.3) is 5.91 Å². The molecule has 0 aromatic heterocycles. The van der Waals surface area contributed by atoms with Gasteiger partial charge >= 0.3 is 0 Å². The number of unbranched alkanes of at least 4 members (excludes halogenated alkanes) is 1. The molecule has 1 saturated heterocycles. The highest BCUT2D eigenvalue weighted by Gasteiger charge is 2.09. The van der Waals surface area contributed by atoms with Gasteiger partial charge in [0.1, 0.15) is 0 Å². The van der Waals surface area contributed by atoms with E-state index >= 15 is 0 Å². The summed E-state index contributed by atoms with van der Waals surface area (Å²) in [5.74, 6) is 0.0108. The van der Waals surface area contributed by atoms with Crippen LogP contribution in [0.3, 0.4) is 0 Å². The monoisotopic (exact) mass is 305 g/mol. The molecule has 122 valence electrons. The van der Waals surface area contributed by atoms with Gasteiger partial charge in [0.05, 0.1) is 13.2 Å². The Balaban J connectivity index is 1.62. The Bertz CT molecular complexity index is 453. The summed E-state index contributed by atoms with van der Waals surface area (Å²) in [4.78, 5) is 16.5. The van der Waals surface area contributed by atoms with E-state index in [2.05, 4.69) is 10.2 Å². The van der Waals surface area contributed by atoms with Crippen molar-refractivity contribution in [1.29, 1.82) is 0 Å². The molecule has 0 spiro atoms. The van der Waals surface area contributed by atoms with Gasteiger partial charge in [-0.25, -0.2) is 0 Å². The summed E-state index contributed by atoms with van der Waals surface area (Å²) in [6.45, 7) is 5.59. The zero-order chi connectivity index (χ0) is 15.8. The quantitative estimate of drug-likeness (QED) is 0.777. The molecule has 1 aliphatic heterocycles. The van der Waals surface area contributed by atoms with Crippen LogP contribution >= 0.6 is 0 Å². The van der Waals surface area contributed by atoms with Crippen LogP contribution < -0.4 is 10.2 Å². The number of rotatable bonds is 7. The summed E-state index contributed by atoms with van der Waals surface area (Å²) in [5, 5.41) is 2.99. The van der Waals surface area contributed by atoms with Crippen LogP contribution in [0.15, 0.2) is 24.3 Å². The summed E-state index contributed by atoms with van der Waals surface area (Å²) in [6.07, 6.45) is 2.12. The Morgan fingerprint density at radius 1 is 1.18 bits per heavy atom. The normalized spacial score (nSPS) is 15.5. The molecule has 1 N–H and O–H groups in total. The molecule has 0 atom stereocenters. The van der Waals surface area contributed by atoms with Gasteiger partial charge in [0, 0.05) is 45.0 Å². The van der Waals surface area contributed by atoms with Crippen molar-refractivity contribution in [2.45, 2.75) is 12.8 Å². The SMILES string of the molecule is CN(C)c1ccc(C(=O)NCCCCN2CCOCC2)cc1. The van der Waals surface area contributed by atoms with Gasteiger partial charge < -0.3 is 15.0 Å². The first kappa shape index (κ1) is 16.8. The van der Waals surface area contributed by atoms with E-state index in [1.807, 2.05) is 43.3 Å². The summed E-state index contributed by atoms with van der Waals surface area (Å²) >= 11 is 0. The van der Waals surface area contributed by atoms with E-state index in [1.54, 1.807) is 0 Å². The van der Waals surface area contributed by atoms with E-state index < -0.39 is 0 Å². The number of carbonyl (C=O) groups excluding carboxylic acids is 1. The Morgan fingerprint density at radius 2 is 1.86 bits per heavy atom. The van der Waals surface area contributed by atoms with Crippen LogP contribution in [-0.4, -0.2) is 64.3 Å². The first-order valence-electron chi connectivity index (χ1n) is 8.02. The van der Waals surface area contributed by atoms with Crippen molar-refractivity contribution in [2.24, 2.45) is 0 Å². The van der Waals surface area contributed by atoms with E-state index in [1.165, 1.54) is 0 Å². The standard InChI is InChI=1S/C17H27N3O2/c1-19(2)16-7-5-15(6-8-16)17(21)18-9-3-4-10-20-11-13-22-14-12-20/h5-8H,3-4,9-14H2,1-2H3,(H,18,21). The average Bonchev–Trinajstić information content (AvgIpc) is 2.55. The van der Waals surface area contributed by atoms with E-state index in [0.29, 0.717) is 0 Å². The number of carbonyl (C=O) groups is 1. The second-order valence-corrected chi connectivity index (χ2v) is 5.86. The van der Waals surface area contributed by atoms with Gasteiger partial charge in [0.15, 0.2) is 0 Å². The van der Waals surface area contributed by atoms with Crippen molar-refractivity contribution < 1.29 is 9.53 Å². The van der Waals surface area contributed by atoms with Gasteiger partial charge in [-0.3, -0.25) is 9.69 Å². The number of nitrogens with zero attached hydrogens (tertiary/aromatic N) is 2. The number of anilines is 1. The molecule has 1 aliphatic rings. The van der Waals surface area contributed by atoms with Crippen LogP contribution in [0, 0.1) is 0 Å². The minimum atomic E-state index is 0.0108. The maximum Gasteiger partial charge on any atom is 0.251 e. The van der Waals surface area contributed by atoms with Crippen LogP contribution in [0.2, 0.25) is 0 Å². The minimum absolute atomic E-state index is 0.0108. The molecule has 5 heteroatoms. The first-order valence-corrected chi connectivity index (χ1v) is 8.02. The predicted octanol–water partition coefficient (Wildman–Crippen LogP) is 1.59. The third kappa shape index (κ3) is 5.31. The molecular formula is C17H27N3O2. The highest BCUT2D eigenvalue weighted by atomic mass is 16.5. The third-order valence-corrected chi connectivity index (χ3v) is 3.94. The minimum Gasteiger partial charge on any atom is -0.379 e. The summed E-state index contributed by atoms with van der Waals surface area (Å²) in [5.41, 5.74) is 1.82. The number of hydrogen-bond donors (Lipinski definition) is 1. The van der Waals surface area contributed by atoms with Crippen molar-refractivity contribution in [2.75, 3.05) is 58.4 Å². The Hall–Kier alpha value is -1.59. The van der Waals surface area contributed by atoms with Crippen LogP contribution in [-0.2, 0) is 4.74 Å². The molecule has 0 saturated carbocycles.